The molecule has 24 heavy (non-hydrogen) atoms. The molecular weight excluding hydrogens is 355 g/mol. The van der Waals surface area contributed by atoms with Crippen LogP contribution in [0.15, 0.2) is 6.20 Å². The van der Waals surface area contributed by atoms with Crippen LogP contribution in [-0.4, -0.2) is 32.3 Å². The van der Waals surface area contributed by atoms with Crippen molar-refractivity contribution in [2.75, 3.05) is 17.7 Å². The van der Waals surface area contributed by atoms with Gasteiger partial charge in [-0.25, -0.2) is 4.98 Å². The standard InChI is InChI=1S/C14H18Cl2N6O2/c1-3-22-7-9(15)10(21-22)6-18-13-8(5-11(23)24-4-2)12(16)19-14(17)20-13/h7H,3-6H2,1-2H3,(H3,17,18,19,20). The largest absolute Gasteiger partial charge is 0.466 e. The zero-order chi connectivity index (χ0) is 17.7. The molecule has 2 aromatic rings. The molecule has 0 bridgehead atoms. The Morgan fingerprint density at radius 1 is 1.38 bits per heavy atom. The van der Waals surface area contributed by atoms with Gasteiger partial charge >= 0.3 is 5.97 Å². The van der Waals surface area contributed by atoms with Crippen molar-refractivity contribution in [3.63, 3.8) is 0 Å². The van der Waals surface area contributed by atoms with E-state index in [1.54, 1.807) is 17.8 Å². The van der Waals surface area contributed by atoms with E-state index in [-0.39, 0.29) is 24.1 Å². The highest BCUT2D eigenvalue weighted by Gasteiger charge is 2.17. The van der Waals surface area contributed by atoms with Crippen LogP contribution in [0.1, 0.15) is 25.1 Å². The number of ether oxygens (including phenoxy) is 1. The van der Waals surface area contributed by atoms with Crippen molar-refractivity contribution in [3.05, 3.63) is 27.6 Å². The quantitative estimate of drug-likeness (QED) is 0.566. The van der Waals surface area contributed by atoms with Crippen LogP contribution in [0.3, 0.4) is 0 Å². The van der Waals surface area contributed by atoms with Crippen molar-refractivity contribution in [2.24, 2.45) is 0 Å². The Bertz CT molecular complexity index is 734. The second-order valence-corrected chi connectivity index (χ2v) is 5.58. The Kier molecular flexibility index (Phi) is 6.22. The summed E-state index contributed by atoms with van der Waals surface area (Å²) >= 11 is 12.2. The van der Waals surface area contributed by atoms with Crippen LogP contribution in [0.25, 0.3) is 0 Å². The molecule has 0 saturated heterocycles. The predicted molar refractivity (Wildman–Crippen MR) is 92.0 cm³/mol. The number of anilines is 2. The van der Waals surface area contributed by atoms with Crippen LogP contribution in [0.2, 0.25) is 10.2 Å². The number of esters is 1. The molecule has 0 atom stereocenters. The van der Waals surface area contributed by atoms with E-state index in [2.05, 4.69) is 20.4 Å². The van der Waals surface area contributed by atoms with Crippen LogP contribution >= 0.6 is 23.2 Å². The predicted octanol–water partition coefficient (Wildman–Crippen LogP) is 2.30. The monoisotopic (exact) mass is 372 g/mol. The van der Waals surface area contributed by atoms with Gasteiger partial charge in [0.1, 0.15) is 16.7 Å². The van der Waals surface area contributed by atoms with Gasteiger partial charge in [-0.05, 0) is 13.8 Å². The third-order valence-electron chi connectivity index (χ3n) is 3.13. The van der Waals surface area contributed by atoms with Crippen LogP contribution in [0.4, 0.5) is 11.8 Å². The molecule has 0 unspecified atom stereocenters. The molecule has 0 aliphatic heterocycles. The summed E-state index contributed by atoms with van der Waals surface area (Å²) in [6.07, 6.45) is 1.67. The maximum atomic E-state index is 11.7. The van der Waals surface area contributed by atoms with E-state index < -0.39 is 5.97 Å². The number of rotatable bonds is 7. The van der Waals surface area contributed by atoms with E-state index in [0.717, 1.165) is 0 Å². The number of aryl methyl sites for hydroxylation is 1. The third kappa shape index (κ3) is 4.48. The lowest BCUT2D eigenvalue weighted by Crippen LogP contribution is -2.14. The van der Waals surface area contributed by atoms with Crippen molar-refractivity contribution in [1.82, 2.24) is 19.7 Å². The number of nitrogens with two attached hydrogens (primary N) is 1. The van der Waals surface area contributed by atoms with E-state index in [1.165, 1.54) is 0 Å². The molecule has 0 aliphatic rings. The van der Waals surface area contributed by atoms with Crippen molar-refractivity contribution in [3.8, 4) is 0 Å². The van der Waals surface area contributed by atoms with Crippen LogP contribution in [0.5, 0.6) is 0 Å². The molecule has 10 heteroatoms. The second-order valence-electron chi connectivity index (χ2n) is 4.81. The third-order valence-corrected chi connectivity index (χ3v) is 3.76. The lowest BCUT2D eigenvalue weighted by Gasteiger charge is -2.12. The highest BCUT2D eigenvalue weighted by Crippen LogP contribution is 2.24. The number of hydrogen-bond donors (Lipinski definition) is 2. The fraction of sp³-hybridized carbons (Fsp3) is 0.429. The SMILES string of the molecule is CCOC(=O)Cc1c(Cl)nc(N)nc1NCc1nn(CC)cc1Cl. The molecule has 0 radical (unpaired) electrons. The fourth-order valence-electron chi connectivity index (χ4n) is 2.02. The van der Waals surface area contributed by atoms with E-state index in [9.17, 15) is 4.79 Å². The fourth-order valence-corrected chi connectivity index (χ4v) is 2.48. The van der Waals surface area contributed by atoms with Crippen LogP contribution in [-0.2, 0) is 29.0 Å². The summed E-state index contributed by atoms with van der Waals surface area (Å²) in [7, 11) is 0. The van der Waals surface area contributed by atoms with Gasteiger partial charge in [0, 0.05) is 18.3 Å². The van der Waals surface area contributed by atoms with E-state index in [4.69, 9.17) is 33.7 Å². The Morgan fingerprint density at radius 3 is 2.75 bits per heavy atom. The highest BCUT2D eigenvalue weighted by molar-refractivity contribution is 6.31. The summed E-state index contributed by atoms with van der Waals surface area (Å²) in [6.45, 7) is 4.97. The van der Waals surface area contributed by atoms with Crippen LogP contribution in [0, 0.1) is 0 Å². The Hall–Kier alpha value is -2.06. The molecule has 0 fully saturated rings. The molecule has 0 aliphatic carbocycles. The molecule has 3 N–H and O–H groups in total. The van der Waals surface area contributed by atoms with Crippen LogP contribution < -0.4 is 11.1 Å². The molecule has 2 heterocycles. The average Bonchev–Trinajstić information content (AvgIpc) is 2.88. The van der Waals surface area contributed by atoms with Gasteiger partial charge in [0.15, 0.2) is 0 Å². The molecule has 0 saturated carbocycles. The first-order valence-electron chi connectivity index (χ1n) is 7.37. The number of halogens is 2. The first kappa shape index (κ1) is 18.3. The topological polar surface area (TPSA) is 108 Å². The molecular formula is C14H18Cl2N6O2. The summed E-state index contributed by atoms with van der Waals surface area (Å²) in [5.74, 6) is -0.0768. The number of nitrogens with zero attached hydrogens (tertiary/aromatic N) is 4. The second kappa shape index (κ2) is 8.16. The smallest absolute Gasteiger partial charge is 0.310 e. The molecule has 0 aromatic carbocycles. The number of hydrogen-bond acceptors (Lipinski definition) is 7. The van der Waals surface area contributed by atoms with E-state index in [1.807, 2.05) is 6.92 Å². The average molecular weight is 373 g/mol. The van der Waals surface area contributed by atoms with Crippen molar-refractivity contribution in [2.45, 2.75) is 33.4 Å². The molecule has 2 aromatic heterocycles. The number of carbonyl (C=O) groups excluding carboxylic acids is 1. The number of nitrogen functional groups attached to an aromatic ring is 1. The van der Waals surface area contributed by atoms with Gasteiger partial charge in [-0.2, -0.15) is 10.1 Å². The Morgan fingerprint density at radius 2 is 2.12 bits per heavy atom. The summed E-state index contributed by atoms with van der Waals surface area (Å²) in [4.78, 5) is 19.7. The first-order chi connectivity index (χ1) is 11.4. The summed E-state index contributed by atoms with van der Waals surface area (Å²) in [6, 6.07) is 0. The minimum absolute atomic E-state index is 0.000272. The molecule has 130 valence electrons. The molecule has 8 nitrogen and oxygen atoms in total. The number of aromatic nitrogens is 4. The van der Waals surface area contributed by atoms with Crippen molar-refractivity contribution < 1.29 is 9.53 Å². The summed E-state index contributed by atoms with van der Waals surface area (Å²) < 4.78 is 6.66. The zero-order valence-corrected chi connectivity index (χ0v) is 14.9. The molecule has 0 spiro atoms. The maximum Gasteiger partial charge on any atom is 0.310 e. The Labute approximate surface area is 149 Å². The van der Waals surface area contributed by atoms with Gasteiger partial charge < -0.3 is 15.8 Å². The van der Waals surface area contributed by atoms with Gasteiger partial charge in [0.25, 0.3) is 0 Å². The maximum absolute atomic E-state index is 11.7. The van der Waals surface area contributed by atoms with Gasteiger partial charge in [-0.15, -0.1) is 0 Å². The lowest BCUT2D eigenvalue weighted by molar-refractivity contribution is -0.142. The van der Waals surface area contributed by atoms with Crippen molar-refractivity contribution in [1.29, 1.82) is 0 Å². The lowest BCUT2D eigenvalue weighted by atomic mass is 10.2. The van der Waals surface area contributed by atoms with Gasteiger partial charge in [0.2, 0.25) is 5.95 Å². The van der Waals surface area contributed by atoms with Crippen molar-refractivity contribution >= 4 is 40.9 Å². The van der Waals surface area contributed by atoms with Gasteiger partial charge in [-0.1, -0.05) is 23.2 Å². The normalized spacial score (nSPS) is 10.7. The summed E-state index contributed by atoms with van der Waals surface area (Å²) in [5, 5.41) is 8.02. The number of nitrogens with one attached hydrogen (secondary N) is 1. The summed E-state index contributed by atoms with van der Waals surface area (Å²) in [5.41, 5.74) is 6.69. The van der Waals surface area contributed by atoms with Gasteiger partial charge in [0.05, 0.1) is 24.6 Å². The van der Waals surface area contributed by atoms with E-state index in [0.29, 0.717) is 35.2 Å². The number of carbonyl (C=O) groups is 1. The minimum atomic E-state index is -0.427. The first-order valence-corrected chi connectivity index (χ1v) is 8.13. The highest BCUT2D eigenvalue weighted by atomic mass is 35.5. The minimum Gasteiger partial charge on any atom is -0.466 e. The van der Waals surface area contributed by atoms with E-state index >= 15 is 0 Å². The zero-order valence-electron chi connectivity index (χ0n) is 13.3. The van der Waals surface area contributed by atoms with Gasteiger partial charge in [-0.3, -0.25) is 9.48 Å². The molecule has 0 amide bonds. The Balaban J connectivity index is 2.21. The molecule has 2 rings (SSSR count).